The van der Waals surface area contributed by atoms with E-state index in [1.807, 2.05) is 0 Å². The summed E-state index contributed by atoms with van der Waals surface area (Å²) >= 11 is 0. The number of ether oxygens (including phenoxy) is 2. The molecule has 33 heavy (non-hydrogen) atoms. The molecule has 0 bridgehead atoms. The molecule has 0 spiro atoms. The fourth-order valence-corrected chi connectivity index (χ4v) is 3.55. The fraction of sp³-hybridized carbons (Fsp3) is 0.391. The van der Waals surface area contributed by atoms with Gasteiger partial charge in [0.15, 0.2) is 0 Å². The van der Waals surface area contributed by atoms with Crippen LogP contribution in [-0.4, -0.2) is 74.2 Å². The summed E-state index contributed by atoms with van der Waals surface area (Å²) in [4.78, 5) is 28.6. The van der Waals surface area contributed by atoms with Crippen LogP contribution in [0.5, 0.6) is 0 Å². The van der Waals surface area contributed by atoms with E-state index >= 15 is 0 Å². The molecular weight excluding hydrogens is 444 g/mol. The van der Waals surface area contributed by atoms with Crippen LogP contribution >= 0.6 is 0 Å². The molecule has 1 saturated heterocycles. The molecule has 0 unspecified atom stereocenters. The number of benzene rings is 2. The number of nitrogens with zero attached hydrogens (tertiary/aromatic N) is 2. The predicted octanol–water partition coefficient (Wildman–Crippen LogP) is 3.47. The third-order valence-electron chi connectivity index (χ3n) is 5.21. The quantitative estimate of drug-likeness (QED) is 0.584. The number of hydrogen-bond donors (Lipinski definition) is 0. The molecule has 6 nitrogen and oxygen atoms in total. The van der Waals surface area contributed by atoms with Crippen LogP contribution in [-0.2, 0) is 15.7 Å². The summed E-state index contributed by atoms with van der Waals surface area (Å²) in [6, 6.07) is 9.56. The maximum absolute atomic E-state index is 13.5. The van der Waals surface area contributed by atoms with Crippen molar-refractivity contribution in [2.24, 2.45) is 0 Å². The standard InChI is InChI=1S/C23H24F4N2O4/c1-32-10-8-28(21(30)16-4-2-6-18(12-16)23(25,26)27)14-20-15-29(9-11-33-20)22(31)17-5-3-7-19(24)13-17/h2-7,12-13,20H,8-11,14-15H2,1H3/t20-/m1/s1. The Kier molecular flexibility index (Phi) is 8.04. The van der Waals surface area contributed by atoms with Gasteiger partial charge in [-0.25, -0.2) is 4.39 Å². The third-order valence-corrected chi connectivity index (χ3v) is 5.21. The van der Waals surface area contributed by atoms with Crippen LogP contribution < -0.4 is 0 Å². The maximum atomic E-state index is 13.5. The highest BCUT2D eigenvalue weighted by Crippen LogP contribution is 2.29. The summed E-state index contributed by atoms with van der Waals surface area (Å²) in [6.45, 7) is 1.000. The molecule has 0 radical (unpaired) electrons. The molecule has 0 aromatic heterocycles. The first kappa shape index (κ1) is 24.7. The zero-order valence-electron chi connectivity index (χ0n) is 18.0. The van der Waals surface area contributed by atoms with Crippen molar-refractivity contribution in [2.75, 3.05) is 46.5 Å². The lowest BCUT2D eigenvalue weighted by molar-refractivity contribution is -0.137. The number of morpholine rings is 1. The lowest BCUT2D eigenvalue weighted by atomic mass is 10.1. The van der Waals surface area contributed by atoms with E-state index < -0.39 is 29.6 Å². The van der Waals surface area contributed by atoms with Crippen LogP contribution in [0.3, 0.4) is 0 Å². The first-order chi connectivity index (χ1) is 15.7. The monoisotopic (exact) mass is 468 g/mol. The molecule has 2 amide bonds. The van der Waals surface area contributed by atoms with Gasteiger partial charge in [0, 0.05) is 44.4 Å². The maximum Gasteiger partial charge on any atom is 0.416 e. The topological polar surface area (TPSA) is 59.1 Å². The minimum Gasteiger partial charge on any atom is -0.383 e. The summed E-state index contributed by atoms with van der Waals surface area (Å²) in [5.41, 5.74) is -0.822. The molecule has 0 saturated carbocycles. The van der Waals surface area contributed by atoms with Crippen molar-refractivity contribution < 1.29 is 36.6 Å². The second-order valence-electron chi connectivity index (χ2n) is 7.58. The summed E-state index contributed by atoms with van der Waals surface area (Å²) in [6.07, 6.45) is -5.14. The molecule has 10 heteroatoms. The van der Waals surface area contributed by atoms with E-state index in [1.165, 1.54) is 47.2 Å². The molecule has 1 aliphatic rings. The van der Waals surface area contributed by atoms with Crippen molar-refractivity contribution in [3.05, 3.63) is 71.0 Å². The van der Waals surface area contributed by atoms with Gasteiger partial charge in [-0.3, -0.25) is 9.59 Å². The summed E-state index contributed by atoms with van der Waals surface area (Å²) in [5, 5.41) is 0. The van der Waals surface area contributed by atoms with Gasteiger partial charge in [0.2, 0.25) is 0 Å². The highest BCUT2D eigenvalue weighted by atomic mass is 19.4. The first-order valence-corrected chi connectivity index (χ1v) is 10.3. The van der Waals surface area contributed by atoms with E-state index in [9.17, 15) is 27.2 Å². The normalized spacial score (nSPS) is 16.5. The highest BCUT2D eigenvalue weighted by molar-refractivity contribution is 5.95. The second-order valence-corrected chi connectivity index (χ2v) is 7.58. The molecule has 2 aromatic carbocycles. The lowest BCUT2D eigenvalue weighted by Gasteiger charge is -2.36. The number of amides is 2. The summed E-state index contributed by atoms with van der Waals surface area (Å²) in [7, 11) is 1.45. The van der Waals surface area contributed by atoms with E-state index in [2.05, 4.69) is 0 Å². The van der Waals surface area contributed by atoms with Gasteiger partial charge >= 0.3 is 6.18 Å². The largest absolute Gasteiger partial charge is 0.416 e. The van der Waals surface area contributed by atoms with Crippen LogP contribution in [0.1, 0.15) is 26.3 Å². The Morgan fingerprint density at radius 2 is 1.88 bits per heavy atom. The zero-order valence-corrected chi connectivity index (χ0v) is 18.0. The number of halogens is 4. The molecule has 0 aliphatic carbocycles. The van der Waals surface area contributed by atoms with E-state index in [0.29, 0.717) is 6.54 Å². The van der Waals surface area contributed by atoms with Gasteiger partial charge in [-0.15, -0.1) is 0 Å². The SMILES string of the molecule is COCCN(C[C@@H]1CN(C(=O)c2cccc(F)c2)CCO1)C(=O)c1cccc(C(F)(F)F)c1. The van der Waals surface area contributed by atoms with Gasteiger partial charge in [0.05, 0.1) is 24.9 Å². The summed E-state index contributed by atoms with van der Waals surface area (Å²) < 4.78 is 63.4. The van der Waals surface area contributed by atoms with Crippen LogP contribution in [0.4, 0.5) is 17.6 Å². The van der Waals surface area contributed by atoms with Crippen molar-refractivity contribution in [2.45, 2.75) is 12.3 Å². The molecule has 0 N–H and O–H groups in total. The molecule has 2 aromatic rings. The van der Waals surface area contributed by atoms with Gasteiger partial charge in [-0.1, -0.05) is 12.1 Å². The van der Waals surface area contributed by atoms with Gasteiger partial charge in [0.1, 0.15) is 5.82 Å². The zero-order chi connectivity index (χ0) is 24.0. The van der Waals surface area contributed by atoms with Crippen LogP contribution in [0.25, 0.3) is 0 Å². The number of carbonyl (C=O) groups is 2. The number of methoxy groups -OCH3 is 1. The number of alkyl halides is 3. The van der Waals surface area contributed by atoms with Crippen LogP contribution in [0, 0.1) is 5.82 Å². The predicted molar refractivity (Wildman–Crippen MR) is 111 cm³/mol. The Bertz CT molecular complexity index is 983. The van der Waals surface area contributed by atoms with Crippen molar-refractivity contribution >= 4 is 11.8 Å². The third kappa shape index (κ3) is 6.52. The van der Waals surface area contributed by atoms with Crippen LogP contribution in [0.15, 0.2) is 48.5 Å². The molecule has 1 atom stereocenters. The van der Waals surface area contributed by atoms with E-state index in [-0.39, 0.29) is 49.9 Å². The van der Waals surface area contributed by atoms with Crippen LogP contribution in [0.2, 0.25) is 0 Å². The van der Waals surface area contributed by atoms with E-state index in [0.717, 1.165) is 18.2 Å². The number of hydrogen-bond acceptors (Lipinski definition) is 4. The molecule has 3 rings (SSSR count). The minimum absolute atomic E-state index is 0.0470. The van der Waals surface area contributed by atoms with E-state index in [4.69, 9.17) is 9.47 Å². The van der Waals surface area contributed by atoms with E-state index in [1.54, 1.807) is 0 Å². The molecule has 1 heterocycles. The van der Waals surface area contributed by atoms with Gasteiger partial charge in [-0.2, -0.15) is 13.2 Å². The Hall–Kier alpha value is -2.98. The Morgan fingerprint density at radius 1 is 1.15 bits per heavy atom. The molecule has 1 fully saturated rings. The first-order valence-electron chi connectivity index (χ1n) is 10.3. The van der Waals surface area contributed by atoms with Gasteiger partial charge in [-0.05, 0) is 36.4 Å². The second kappa shape index (κ2) is 10.8. The fourth-order valence-electron chi connectivity index (χ4n) is 3.55. The average molecular weight is 468 g/mol. The minimum atomic E-state index is -4.57. The van der Waals surface area contributed by atoms with Crippen molar-refractivity contribution in [3.8, 4) is 0 Å². The van der Waals surface area contributed by atoms with Crippen molar-refractivity contribution in [3.63, 3.8) is 0 Å². The summed E-state index contributed by atoms with van der Waals surface area (Å²) in [5.74, 6) is -1.49. The van der Waals surface area contributed by atoms with Crippen molar-refractivity contribution in [1.29, 1.82) is 0 Å². The number of rotatable bonds is 7. The Labute approximate surface area is 188 Å². The smallest absolute Gasteiger partial charge is 0.383 e. The molecule has 178 valence electrons. The Balaban J connectivity index is 1.73. The van der Waals surface area contributed by atoms with Gasteiger partial charge < -0.3 is 19.3 Å². The van der Waals surface area contributed by atoms with Crippen molar-refractivity contribution in [1.82, 2.24) is 9.80 Å². The highest BCUT2D eigenvalue weighted by Gasteiger charge is 2.32. The van der Waals surface area contributed by atoms with Gasteiger partial charge in [0.25, 0.3) is 11.8 Å². The lowest BCUT2D eigenvalue weighted by Crippen LogP contribution is -2.51. The average Bonchev–Trinajstić information content (AvgIpc) is 2.80. The Morgan fingerprint density at radius 3 is 2.58 bits per heavy atom. The molecular formula is C23H24F4N2O4. The number of carbonyl (C=O) groups excluding carboxylic acids is 2. The molecule has 1 aliphatic heterocycles.